The van der Waals surface area contributed by atoms with Crippen LogP contribution < -0.4 is 0 Å². The molecule has 2 heterocycles. The standard InChI is InChI=1S/C23H23F2NO4/c24-23(25)15-9-26(12-22(23,13-27)14-29-10-15)21(28)30-11-20-18-7-3-1-5-16(18)17-6-2-4-8-19(17)20/h1-8,15,20,27H,9-14H2. The van der Waals surface area contributed by atoms with Crippen LogP contribution in [0.15, 0.2) is 48.5 Å². The van der Waals surface area contributed by atoms with Crippen LogP contribution in [0.3, 0.4) is 0 Å². The molecule has 1 amide bonds. The summed E-state index contributed by atoms with van der Waals surface area (Å²) >= 11 is 0. The van der Waals surface area contributed by atoms with Gasteiger partial charge in [-0.15, -0.1) is 0 Å². The number of aliphatic hydroxyl groups excluding tert-OH is 1. The Kier molecular flexibility index (Phi) is 4.56. The van der Waals surface area contributed by atoms with Gasteiger partial charge in [0.1, 0.15) is 6.61 Å². The summed E-state index contributed by atoms with van der Waals surface area (Å²) in [5.74, 6) is -4.32. The van der Waals surface area contributed by atoms with Crippen LogP contribution in [0, 0.1) is 11.3 Å². The zero-order valence-corrected chi connectivity index (χ0v) is 16.4. The van der Waals surface area contributed by atoms with E-state index < -0.39 is 30.0 Å². The third-order valence-electron chi connectivity index (χ3n) is 6.75. The van der Waals surface area contributed by atoms with Gasteiger partial charge in [-0.1, -0.05) is 48.5 Å². The third-order valence-corrected chi connectivity index (χ3v) is 6.75. The molecule has 2 aromatic carbocycles. The van der Waals surface area contributed by atoms with E-state index in [0.717, 1.165) is 22.3 Å². The van der Waals surface area contributed by atoms with Gasteiger partial charge in [0.25, 0.3) is 5.92 Å². The molecular weight excluding hydrogens is 392 g/mol. The number of hydrogen-bond acceptors (Lipinski definition) is 4. The Balaban J connectivity index is 1.34. The summed E-state index contributed by atoms with van der Waals surface area (Å²) in [5.41, 5.74) is 2.65. The monoisotopic (exact) mass is 415 g/mol. The van der Waals surface area contributed by atoms with E-state index in [1.807, 2.05) is 36.4 Å². The zero-order valence-electron chi connectivity index (χ0n) is 16.4. The molecule has 2 fully saturated rings. The van der Waals surface area contributed by atoms with E-state index in [-0.39, 0.29) is 38.8 Å². The normalized spacial score (nSPS) is 26.8. The number of likely N-dealkylation sites (tertiary alicyclic amines) is 1. The van der Waals surface area contributed by atoms with Crippen molar-refractivity contribution in [3.05, 3.63) is 59.7 Å². The van der Waals surface area contributed by atoms with Crippen molar-refractivity contribution in [3.63, 3.8) is 0 Å². The van der Waals surface area contributed by atoms with Crippen molar-refractivity contribution in [3.8, 4) is 11.1 Å². The van der Waals surface area contributed by atoms with Crippen LogP contribution in [0.4, 0.5) is 13.6 Å². The molecule has 5 nitrogen and oxygen atoms in total. The molecule has 1 aliphatic carbocycles. The fraction of sp³-hybridized carbons (Fsp3) is 0.435. The van der Waals surface area contributed by atoms with Gasteiger partial charge in [-0.25, -0.2) is 13.6 Å². The number of benzene rings is 2. The number of nitrogens with zero attached hydrogens (tertiary/aromatic N) is 1. The summed E-state index contributed by atoms with van der Waals surface area (Å²) in [4.78, 5) is 14.1. The molecule has 2 bridgehead atoms. The van der Waals surface area contributed by atoms with E-state index in [2.05, 4.69) is 12.1 Å². The molecule has 2 aromatic rings. The van der Waals surface area contributed by atoms with E-state index in [0.29, 0.717) is 0 Å². The van der Waals surface area contributed by atoms with Gasteiger partial charge in [0.15, 0.2) is 0 Å². The van der Waals surface area contributed by atoms with Gasteiger partial charge >= 0.3 is 6.09 Å². The van der Waals surface area contributed by atoms with Crippen molar-refractivity contribution >= 4 is 6.09 Å². The minimum absolute atomic E-state index is 0.0952. The molecule has 0 aromatic heterocycles. The summed E-state index contributed by atoms with van der Waals surface area (Å²) in [6.45, 7) is -1.46. The second kappa shape index (κ2) is 7.03. The Bertz CT molecular complexity index is 936. The molecule has 0 saturated carbocycles. The minimum Gasteiger partial charge on any atom is -0.448 e. The highest BCUT2D eigenvalue weighted by Crippen LogP contribution is 2.50. The number of aliphatic hydroxyl groups is 1. The van der Waals surface area contributed by atoms with Crippen molar-refractivity contribution in [2.75, 3.05) is 39.5 Å². The Morgan fingerprint density at radius 3 is 2.40 bits per heavy atom. The molecule has 7 heteroatoms. The number of piperidine rings is 1. The number of carbonyl (C=O) groups excluding carboxylic acids is 1. The first-order valence-corrected chi connectivity index (χ1v) is 10.1. The second-order valence-corrected chi connectivity index (χ2v) is 8.46. The lowest BCUT2D eigenvalue weighted by atomic mass is 9.71. The molecular formula is C23H23F2NO4. The van der Waals surface area contributed by atoms with Gasteiger partial charge in [-0.3, -0.25) is 0 Å². The van der Waals surface area contributed by atoms with Crippen LogP contribution in [0.2, 0.25) is 0 Å². The minimum atomic E-state index is -3.08. The fourth-order valence-electron chi connectivity index (χ4n) is 5.07. The number of rotatable bonds is 3. The molecule has 2 aliphatic heterocycles. The molecule has 1 N–H and O–H groups in total. The van der Waals surface area contributed by atoms with E-state index in [9.17, 15) is 18.7 Å². The summed E-state index contributed by atoms with van der Waals surface area (Å²) in [5, 5.41) is 9.71. The van der Waals surface area contributed by atoms with Crippen molar-refractivity contribution in [1.82, 2.24) is 4.90 Å². The molecule has 2 unspecified atom stereocenters. The first-order valence-electron chi connectivity index (χ1n) is 10.1. The quantitative estimate of drug-likeness (QED) is 0.834. The van der Waals surface area contributed by atoms with Crippen molar-refractivity contribution in [2.45, 2.75) is 11.8 Å². The third kappa shape index (κ3) is 2.76. The zero-order chi connectivity index (χ0) is 20.9. The Hall–Kier alpha value is -2.51. The molecule has 2 saturated heterocycles. The van der Waals surface area contributed by atoms with Crippen LogP contribution in [-0.2, 0) is 9.47 Å². The van der Waals surface area contributed by atoms with E-state index in [1.165, 1.54) is 4.90 Å². The number of amides is 1. The van der Waals surface area contributed by atoms with Gasteiger partial charge in [0.2, 0.25) is 0 Å². The van der Waals surface area contributed by atoms with Crippen molar-refractivity contribution < 1.29 is 28.2 Å². The Labute approximate surface area is 173 Å². The topological polar surface area (TPSA) is 59.0 Å². The lowest BCUT2D eigenvalue weighted by Crippen LogP contribution is -2.68. The van der Waals surface area contributed by atoms with Crippen molar-refractivity contribution in [2.24, 2.45) is 11.3 Å². The maximum Gasteiger partial charge on any atom is 0.409 e. The maximum absolute atomic E-state index is 14.7. The predicted octanol–water partition coefficient (Wildman–Crippen LogP) is 3.51. The summed E-state index contributed by atoms with van der Waals surface area (Å²) in [6.07, 6.45) is -0.628. The molecule has 0 radical (unpaired) electrons. The number of carbonyl (C=O) groups is 1. The molecule has 3 aliphatic rings. The highest BCUT2D eigenvalue weighted by Gasteiger charge is 2.65. The summed E-state index contributed by atoms with van der Waals surface area (Å²) < 4.78 is 40.4. The van der Waals surface area contributed by atoms with Crippen LogP contribution in [0.25, 0.3) is 11.1 Å². The fourth-order valence-corrected chi connectivity index (χ4v) is 5.07. The van der Waals surface area contributed by atoms with Crippen LogP contribution in [0.5, 0.6) is 0 Å². The van der Waals surface area contributed by atoms with Crippen molar-refractivity contribution in [1.29, 1.82) is 0 Å². The average molecular weight is 415 g/mol. The second-order valence-electron chi connectivity index (χ2n) is 8.46. The van der Waals surface area contributed by atoms with E-state index in [4.69, 9.17) is 9.47 Å². The smallest absolute Gasteiger partial charge is 0.409 e. The van der Waals surface area contributed by atoms with Gasteiger partial charge in [0.05, 0.1) is 31.2 Å². The molecule has 0 spiro atoms. The molecule has 158 valence electrons. The lowest BCUT2D eigenvalue weighted by molar-refractivity contribution is -0.273. The number of fused-ring (bicyclic) bond motifs is 5. The summed E-state index contributed by atoms with van der Waals surface area (Å²) in [7, 11) is 0. The molecule has 2 atom stereocenters. The average Bonchev–Trinajstić information content (AvgIpc) is 3.05. The maximum atomic E-state index is 14.7. The van der Waals surface area contributed by atoms with Gasteiger partial charge < -0.3 is 19.5 Å². The van der Waals surface area contributed by atoms with E-state index >= 15 is 0 Å². The summed E-state index contributed by atoms with van der Waals surface area (Å²) in [6, 6.07) is 16.0. The van der Waals surface area contributed by atoms with Gasteiger partial charge in [0, 0.05) is 19.0 Å². The van der Waals surface area contributed by atoms with Gasteiger partial charge in [-0.2, -0.15) is 0 Å². The van der Waals surface area contributed by atoms with Crippen LogP contribution >= 0.6 is 0 Å². The molecule has 5 rings (SSSR count). The number of ether oxygens (including phenoxy) is 2. The van der Waals surface area contributed by atoms with Gasteiger partial charge in [-0.05, 0) is 22.3 Å². The number of halogens is 2. The Morgan fingerprint density at radius 2 is 1.77 bits per heavy atom. The highest BCUT2D eigenvalue weighted by molar-refractivity contribution is 5.79. The molecule has 30 heavy (non-hydrogen) atoms. The largest absolute Gasteiger partial charge is 0.448 e. The first kappa shape index (κ1) is 19.5. The number of hydrogen-bond donors (Lipinski definition) is 1. The lowest BCUT2D eigenvalue weighted by Gasteiger charge is -2.53. The Morgan fingerprint density at radius 1 is 1.13 bits per heavy atom. The van der Waals surface area contributed by atoms with E-state index in [1.54, 1.807) is 0 Å². The SMILES string of the molecule is O=C(OCC1c2ccccc2-c2ccccc21)N1CC2COCC(CO)(C1)C2(F)F. The number of alkyl halides is 2. The first-order chi connectivity index (χ1) is 14.5. The van der Waals surface area contributed by atoms with Crippen LogP contribution in [-0.4, -0.2) is 61.5 Å². The highest BCUT2D eigenvalue weighted by atomic mass is 19.3. The predicted molar refractivity (Wildman–Crippen MR) is 105 cm³/mol. The van der Waals surface area contributed by atoms with Crippen LogP contribution in [0.1, 0.15) is 17.0 Å².